The summed E-state index contributed by atoms with van der Waals surface area (Å²) >= 11 is 1.87. The molecule has 0 unspecified atom stereocenters. The van der Waals surface area contributed by atoms with Crippen LogP contribution in [0.25, 0.3) is 10.9 Å². The zero-order valence-electron chi connectivity index (χ0n) is 10.9. The number of aromatic nitrogens is 1. The highest BCUT2D eigenvalue weighted by Gasteiger charge is 2.00. The first-order valence-corrected chi connectivity index (χ1v) is 7.33. The van der Waals surface area contributed by atoms with Crippen molar-refractivity contribution in [2.75, 3.05) is 5.32 Å². The van der Waals surface area contributed by atoms with Crippen molar-refractivity contribution in [2.45, 2.75) is 19.9 Å². The van der Waals surface area contributed by atoms with E-state index in [1.165, 1.54) is 15.1 Å². The Bertz CT molecular complexity index is 688. The molecule has 3 aromatic rings. The van der Waals surface area contributed by atoms with E-state index in [1.54, 1.807) is 0 Å². The maximum atomic E-state index is 4.46. The standard InChI is InChI=1S/C16H16N2S/c1-2-14-7-8-15(19-14)11-17-13-9-12-5-3-4-6-16(12)18-10-13/h3-10,17H,2,11H2,1H3. The van der Waals surface area contributed by atoms with Crippen LogP contribution in [-0.4, -0.2) is 4.98 Å². The lowest BCUT2D eigenvalue weighted by atomic mass is 10.2. The first kappa shape index (κ1) is 12.2. The number of thiophene rings is 1. The van der Waals surface area contributed by atoms with E-state index < -0.39 is 0 Å². The zero-order chi connectivity index (χ0) is 13.1. The van der Waals surface area contributed by atoms with Crippen molar-refractivity contribution < 1.29 is 0 Å². The van der Waals surface area contributed by atoms with E-state index in [1.807, 2.05) is 35.7 Å². The van der Waals surface area contributed by atoms with Crippen LogP contribution < -0.4 is 5.32 Å². The molecule has 2 nitrogen and oxygen atoms in total. The Morgan fingerprint density at radius 1 is 1.11 bits per heavy atom. The number of aryl methyl sites for hydroxylation is 1. The van der Waals surface area contributed by atoms with Crippen LogP contribution in [0.4, 0.5) is 5.69 Å². The number of hydrogen-bond acceptors (Lipinski definition) is 3. The Morgan fingerprint density at radius 2 is 1.95 bits per heavy atom. The van der Waals surface area contributed by atoms with Crippen molar-refractivity contribution in [3.05, 3.63) is 58.4 Å². The maximum Gasteiger partial charge on any atom is 0.0703 e. The minimum absolute atomic E-state index is 0.866. The summed E-state index contributed by atoms with van der Waals surface area (Å²) in [5.74, 6) is 0. The Labute approximate surface area is 117 Å². The van der Waals surface area contributed by atoms with Gasteiger partial charge < -0.3 is 5.32 Å². The van der Waals surface area contributed by atoms with Crippen molar-refractivity contribution in [1.82, 2.24) is 4.98 Å². The summed E-state index contributed by atoms with van der Waals surface area (Å²) in [6.45, 7) is 3.06. The molecule has 0 radical (unpaired) electrons. The Balaban J connectivity index is 1.74. The molecule has 1 N–H and O–H groups in total. The van der Waals surface area contributed by atoms with Crippen LogP contribution in [0.15, 0.2) is 48.7 Å². The van der Waals surface area contributed by atoms with E-state index in [4.69, 9.17) is 0 Å². The van der Waals surface area contributed by atoms with Gasteiger partial charge in [-0.05, 0) is 30.7 Å². The number of benzene rings is 1. The van der Waals surface area contributed by atoms with Crippen molar-refractivity contribution in [1.29, 1.82) is 0 Å². The molecule has 0 saturated carbocycles. The summed E-state index contributed by atoms with van der Waals surface area (Å²) < 4.78 is 0. The van der Waals surface area contributed by atoms with E-state index in [-0.39, 0.29) is 0 Å². The van der Waals surface area contributed by atoms with Crippen LogP contribution in [-0.2, 0) is 13.0 Å². The summed E-state index contributed by atoms with van der Waals surface area (Å²) in [5.41, 5.74) is 2.11. The molecule has 0 aliphatic heterocycles. The third-order valence-corrected chi connectivity index (χ3v) is 4.35. The number of para-hydroxylation sites is 1. The van der Waals surface area contributed by atoms with Crippen molar-refractivity contribution in [3.8, 4) is 0 Å². The van der Waals surface area contributed by atoms with Gasteiger partial charge in [-0.15, -0.1) is 11.3 Å². The molecule has 0 saturated heterocycles. The van der Waals surface area contributed by atoms with Gasteiger partial charge in [-0.25, -0.2) is 0 Å². The highest BCUT2D eigenvalue weighted by Crippen LogP contribution is 2.20. The molecule has 0 spiro atoms. The third-order valence-electron chi connectivity index (χ3n) is 3.12. The molecule has 0 fully saturated rings. The Hall–Kier alpha value is -1.87. The van der Waals surface area contributed by atoms with Crippen LogP contribution in [0.5, 0.6) is 0 Å². The second-order valence-electron chi connectivity index (χ2n) is 4.49. The number of hydrogen-bond donors (Lipinski definition) is 1. The van der Waals surface area contributed by atoms with E-state index in [0.717, 1.165) is 24.2 Å². The topological polar surface area (TPSA) is 24.9 Å². The van der Waals surface area contributed by atoms with Gasteiger partial charge in [-0.2, -0.15) is 0 Å². The van der Waals surface area contributed by atoms with Crippen LogP contribution in [0.3, 0.4) is 0 Å². The fraction of sp³-hybridized carbons (Fsp3) is 0.188. The molecule has 1 aromatic carbocycles. The molecule has 96 valence electrons. The minimum atomic E-state index is 0.866. The number of anilines is 1. The van der Waals surface area contributed by atoms with Crippen molar-refractivity contribution >= 4 is 27.9 Å². The van der Waals surface area contributed by atoms with Gasteiger partial charge in [0.15, 0.2) is 0 Å². The van der Waals surface area contributed by atoms with Gasteiger partial charge in [0.1, 0.15) is 0 Å². The highest BCUT2D eigenvalue weighted by atomic mass is 32.1. The fourth-order valence-corrected chi connectivity index (χ4v) is 2.96. The maximum absolute atomic E-state index is 4.46. The monoisotopic (exact) mass is 268 g/mol. The molecule has 0 atom stereocenters. The average molecular weight is 268 g/mol. The number of pyridine rings is 1. The summed E-state index contributed by atoms with van der Waals surface area (Å²) in [6, 6.07) is 14.7. The molecular formula is C16H16N2S. The molecule has 19 heavy (non-hydrogen) atoms. The normalized spacial score (nSPS) is 10.8. The van der Waals surface area contributed by atoms with E-state index >= 15 is 0 Å². The molecular weight excluding hydrogens is 252 g/mol. The summed E-state index contributed by atoms with van der Waals surface area (Å²) in [4.78, 5) is 7.26. The molecule has 0 amide bonds. The average Bonchev–Trinajstić information content (AvgIpc) is 2.93. The first-order valence-electron chi connectivity index (χ1n) is 6.51. The lowest BCUT2D eigenvalue weighted by Gasteiger charge is -2.05. The second-order valence-corrected chi connectivity index (χ2v) is 5.74. The van der Waals surface area contributed by atoms with Gasteiger partial charge in [-0.3, -0.25) is 4.98 Å². The molecule has 2 heterocycles. The van der Waals surface area contributed by atoms with Crippen molar-refractivity contribution in [2.24, 2.45) is 0 Å². The van der Waals surface area contributed by atoms with Crippen molar-refractivity contribution in [3.63, 3.8) is 0 Å². The predicted molar refractivity (Wildman–Crippen MR) is 82.8 cm³/mol. The predicted octanol–water partition coefficient (Wildman–Crippen LogP) is 4.47. The van der Waals surface area contributed by atoms with Gasteiger partial charge in [0.25, 0.3) is 0 Å². The quantitative estimate of drug-likeness (QED) is 0.755. The minimum Gasteiger partial charge on any atom is -0.379 e. The Kier molecular flexibility index (Phi) is 3.47. The fourth-order valence-electron chi connectivity index (χ4n) is 2.06. The van der Waals surface area contributed by atoms with Gasteiger partial charge >= 0.3 is 0 Å². The van der Waals surface area contributed by atoms with Crippen LogP contribution in [0, 0.1) is 0 Å². The van der Waals surface area contributed by atoms with Crippen LogP contribution >= 0.6 is 11.3 Å². The van der Waals surface area contributed by atoms with E-state index in [9.17, 15) is 0 Å². The van der Waals surface area contributed by atoms with Gasteiger partial charge in [0.05, 0.1) is 17.4 Å². The summed E-state index contributed by atoms with van der Waals surface area (Å²) in [5, 5.41) is 4.61. The third kappa shape index (κ3) is 2.76. The van der Waals surface area contributed by atoms with Crippen LogP contribution in [0.2, 0.25) is 0 Å². The molecule has 3 rings (SSSR count). The lowest BCUT2D eigenvalue weighted by Crippen LogP contribution is -1.97. The molecule has 2 aromatic heterocycles. The molecule has 3 heteroatoms. The Morgan fingerprint density at radius 3 is 2.79 bits per heavy atom. The number of rotatable bonds is 4. The lowest BCUT2D eigenvalue weighted by molar-refractivity contribution is 1.18. The highest BCUT2D eigenvalue weighted by molar-refractivity contribution is 7.12. The van der Waals surface area contributed by atoms with Gasteiger partial charge in [-0.1, -0.05) is 25.1 Å². The zero-order valence-corrected chi connectivity index (χ0v) is 11.7. The van der Waals surface area contributed by atoms with E-state index in [2.05, 4.69) is 41.5 Å². The molecule has 0 aliphatic carbocycles. The molecule has 0 bridgehead atoms. The number of nitrogens with zero attached hydrogens (tertiary/aromatic N) is 1. The largest absolute Gasteiger partial charge is 0.379 e. The van der Waals surface area contributed by atoms with Gasteiger partial charge in [0.2, 0.25) is 0 Å². The summed E-state index contributed by atoms with van der Waals surface area (Å²) in [6.07, 6.45) is 3.01. The smallest absolute Gasteiger partial charge is 0.0703 e. The van der Waals surface area contributed by atoms with E-state index in [0.29, 0.717) is 0 Å². The SMILES string of the molecule is CCc1ccc(CNc2cnc3ccccc3c2)s1. The van der Waals surface area contributed by atoms with Crippen LogP contribution in [0.1, 0.15) is 16.7 Å². The first-order chi connectivity index (χ1) is 9.35. The second kappa shape index (κ2) is 5.41. The molecule has 0 aliphatic rings. The summed E-state index contributed by atoms with van der Waals surface area (Å²) in [7, 11) is 0. The number of nitrogens with one attached hydrogen (secondary N) is 1. The van der Waals surface area contributed by atoms with Gasteiger partial charge in [0, 0.05) is 21.7 Å². The number of fused-ring (bicyclic) bond motifs is 1.